The van der Waals surface area contributed by atoms with E-state index in [-0.39, 0.29) is 5.91 Å². The summed E-state index contributed by atoms with van der Waals surface area (Å²) in [4.78, 5) is 23.5. The number of hydrogen-bond acceptors (Lipinski definition) is 4. The Morgan fingerprint density at radius 1 is 1.36 bits per heavy atom. The fraction of sp³-hybridized carbons (Fsp3) is 0.500. The fourth-order valence-electron chi connectivity index (χ4n) is 1.96. The van der Waals surface area contributed by atoms with Gasteiger partial charge in [0.2, 0.25) is 0 Å². The van der Waals surface area contributed by atoms with Crippen molar-refractivity contribution in [1.82, 2.24) is 5.32 Å². The van der Waals surface area contributed by atoms with Crippen molar-refractivity contribution in [3.8, 4) is 5.75 Å². The maximum Gasteiger partial charge on any atom is 0.407 e. The number of fused-ring (bicyclic) bond motifs is 1. The van der Waals surface area contributed by atoms with Gasteiger partial charge in [-0.15, -0.1) is 0 Å². The zero-order valence-corrected chi connectivity index (χ0v) is 13.6. The molecule has 1 aromatic carbocycles. The van der Waals surface area contributed by atoms with E-state index >= 15 is 0 Å². The molecule has 2 N–H and O–H groups in total. The molecule has 2 rings (SSSR count). The Hall–Kier alpha value is -2.24. The van der Waals surface area contributed by atoms with Gasteiger partial charge in [-0.25, -0.2) is 4.79 Å². The predicted octanol–water partition coefficient (Wildman–Crippen LogP) is 2.82. The lowest BCUT2D eigenvalue weighted by molar-refractivity contribution is -0.129. The highest BCUT2D eigenvalue weighted by Crippen LogP contribution is 2.34. The second-order valence-corrected chi connectivity index (χ2v) is 6.75. The van der Waals surface area contributed by atoms with Crippen LogP contribution in [-0.4, -0.2) is 23.2 Å². The highest BCUT2D eigenvalue weighted by molar-refractivity contribution is 6.00. The Balaban J connectivity index is 2.02. The first kappa shape index (κ1) is 16.1. The van der Waals surface area contributed by atoms with Crippen molar-refractivity contribution < 1.29 is 19.1 Å². The van der Waals surface area contributed by atoms with Crippen LogP contribution >= 0.6 is 0 Å². The van der Waals surface area contributed by atoms with Crippen LogP contribution in [0.3, 0.4) is 0 Å². The van der Waals surface area contributed by atoms with E-state index in [1.807, 2.05) is 6.07 Å². The Morgan fingerprint density at radius 3 is 2.68 bits per heavy atom. The summed E-state index contributed by atoms with van der Waals surface area (Å²) >= 11 is 0. The third-order valence-electron chi connectivity index (χ3n) is 3.04. The molecule has 22 heavy (non-hydrogen) atoms. The predicted molar refractivity (Wildman–Crippen MR) is 82.9 cm³/mol. The molecule has 0 radical (unpaired) electrons. The van der Waals surface area contributed by atoms with Crippen molar-refractivity contribution in [2.45, 2.75) is 52.4 Å². The lowest BCUT2D eigenvalue weighted by Crippen LogP contribution is -2.45. The second-order valence-electron chi connectivity index (χ2n) is 6.75. The van der Waals surface area contributed by atoms with Crippen molar-refractivity contribution in [3.05, 3.63) is 23.8 Å². The number of benzene rings is 1. The number of hydrogen-bond donors (Lipinski definition) is 2. The number of ether oxygens (including phenoxy) is 2. The Kier molecular flexibility index (Phi) is 4.04. The summed E-state index contributed by atoms with van der Waals surface area (Å²) in [5, 5.41) is 5.48. The van der Waals surface area contributed by atoms with Crippen molar-refractivity contribution in [2.24, 2.45) is 0 Å². The lowest BCUT2D eigenvalue weighted by Gasteiger charge is -2.31. The minimum absolute atomic E-state index is 0.197. The molecule has 0 unspecified atom stereocenters. The standard InChI is InChI=1S/C16H22N2O4/c1-15(2,3)22-14(20)17-9-10-6-7-12-11(8-10)18-13(19)16(4,5)21-12/h6-8H,9H2,1-5H3,(H,17,20)(H,18,19). The number of carbonyl (C=O) groups is 2. The summed E-state index contributed by atoms with van der Waals surface area (Å²) in [6.45, 7) is 9.15. The SMILES string of the molecule is CC(C)(C)OC(=O)NCc1ccc2c(c1)NC(=O)C(C)(C)O2. The third kappa shape index (κ3) is 3.90. The zero-order valence-electron chi connectivity index (χ0n) is 13.6. The van der Waals surface area contributed by atoms with Gasteiger partial charge in [0, 0.05) is 6.54 Å². The van der Waals surface area contributed by atoms with E-state index in [2.05, 4.69) is 10.6 Å². The van der Waals surface area contributed by atoms with Gasteiger partial charge >= 0.3 is 6.09 Å². The number of anilines is 1. The first-order valence-electron chi connectivity index (χ1n) is 7.17. The number of amides is 2. The molecule has 0 spiro atoms. The van der Waals surface area contributed by atoms with Crippen LogP contribution in [0.4, 0.5) is 10.5 Å². The Labute approximate surface area is 130 Å². The molecule has 1 aliphatic rings. The molecular formula is C16H22N2O4. The van der Waals surface area contributed by atoms with Gasteiger partial charge in [-0.1, -0.05) is 6.07 Å². The number of rotatable bonds is 2. The van der Waals surface area contributed by atoms with E-state index in [1.165, 1.54) is 0 Å². The lowest BCUT2D eigenvalue weighted by atomic mass is 10.0. The Bertz CT molecular complexity index is 603. The molecule has 0 atom stereocenters. The highest BCUT2D eigenvalue weighted by Gasteiger charge is 2.35. The molecule has 1 heterocycles. The van der Waals surface area contributed by atoms with Crippen LogP contribution < -0.4 is 15.4 Å². The van der Waals surface area contributed by atoms with Crippen LogP contribution in [0.5, 0.6) is 5.75 Å². The van der Waals surface area contributed by atoms with Gasteiger partial charge in [-0.3, -0.25) is 4.79 Å². The molecule has 120 valence electrons. The van der Waals surface area contributed by atoms with Gasteiger partial charge in [0.1, 0.15) is 11.4 Å². The molecular weight excluding hydrogens is 284 g/mol. The van der Waals surface area contributed by atoms with Gasteiger partial charge < -0.3 is 20.1 Å². The van der Waals surface area contributed by atoms with Crippen LogP contribution in [0.15, 0.2) is 18.2 Å². The molecule has 2 amide bonds. The van der Waals surface area contributed by atoms with Crippen LogP contribution in [0.1, 0.15) is 40.2 Å². The largest absolute Gasteiger partial charge is 0.476 e. The zero-order chi connectivity index (χ0) is 16.5. The van der Waals surface area contributed by atoms with E-state index < -0.39 is 17.3 Å². The summed E-state index contributed by atoms with van der Waals surface area (Å²) in [7, 11) is 0. The van der Waals surface area contributed by atoms with Gasteiger partial charge in [0.25, 0.3) is 5.91 Å². The van der Waals surface area contributed by atoms with Gasteiger partial charge in [0.05, 0.1) is 5.69 Å². The number of nitrogens with one attached hydrogen (secondary N) is 2. The maximum absolute atomic E-state index is 11.9. The highest BCUT2D eigenvalue weighted by atomic mass is 16.6. The summed E-state index contributed by atoms with van der Waals surface area (Å²) < 4.78 is 10.8. The molecule has 0 saturated heterocycles. The monoisotopic (exact) mass is 306 g/mol. The second kappa shape index (κ2) is 5.51. The van der Waals surface area contributed by atoms with Crippen LogP contribution in [0.25, 0.3) is 0 Å². The average Bonchev–Trinajstić information content (AvgIpc) is 2.35. The molecule has 0 bridgehead atoms. The normalized spacial score (nSPS) is 16.1. The molecule has 0 fully saturated rings. The third-order valence-corrected chi connectivity index (χ3v) is 3.04. The van der Waals surface area contributed by atoms with Gasteiger partial charge in [-0.2, -0.15) is 0 Å². The fourth-order valence-corrected chi connectivity index (χ4v) is 1.96. The van der Waals surface area contributed by atoms with Crippen molar-refractivity contribution >= 4 is 17.7 Å². The van der Waals surface area contributed by atoms with E-state index in [1.54, 1.807) is 46.8 Å². The molecule has 6 nitrogen and oxygen atoms in total. The van der Waals surface area contributed by atoms with Crippen molar-refractivity contribution in [2.75, 3.05) is 5.32 Å². The van der Waals surface area contributed by atoms with E-state index in [4.69, 9.17) is 9.47 Å². The first-order valence-corrected chi connectivity index (χ1v) is 7.17. The minimum atomic E-state index is -0.886. The van der Waals surface area contributed by atoms with E-state index in [0.717, 1.165) is 5.56 Å². The smallest absolute Gasteiger partial charge is 0.407 e. The molecule has 1 aromatic rings. The topological polar surface area (TPSA) is 76.7 Å². The summed E-state index contributed by atoms with van der Waals surface area (Å²) in [5.74, 6) is 0.419. The van der Waals surface area contributed by atoms with Crippen LogP contribution in [0.2, 0.25) is 0 Å². The van der Waals surface area contributed by atoms with Crippen molar-refractivity contribution in [3.63, 3.8) is 0 Å². The number of carbonyl (C=O) groups excluding carboxylic acids is 2. The Morgan fingerprint density at radius 2 is 2.05 bits per heavy atom. The first-order chi connectivity index (χ1) is 10.1. The van der Waals surface area contributed by atoms with Gasteiger partial charge in [0.15, 0.2) is 5.60 Å². The van der Waals surface area contributed by atoms with E-state index in [9.17, 15) is 9.59 Å². The average molecular weight is 306 g/mol. The quantitative estimate of drug-likeness (QED) is 0.881. The molecule has 0 aromatic heterocycles. The summed E-state index contributed by atoms with van der Waals surface area (Å²) in [5.41, 5.74) is 0.0254. The number of alkyl carbamates (subject to hydrolysis) is 1. The molecule has 1 aliphatic heterocycles. The maximum atomic E-state index is 11.9. The molecule has 6 heteroatoms. The van der Waals surface area contributed by atoms with Crippen LogP contribution in [0, 0.1) is 0 Å². The minimum Gasteiger partial charge on any atom is -0.476 e. The summed E-state index contributed by atoms with van der Waals surface area (Å²) in [6.07, 6.45) is -0.480. The van der Waals surface area contributed by atoms with Crippen LogP contribution in [-0.2, 0) is 16.1 Å². The van der Waals surface area contributed by atoms with Crippen molar-refractivity contribution in [1.29, 1.82) is 0 Å². The van der Waals surface area contributed by atoms with E-state index in [0.29, 0.717) is 18.0 Å². The van der Waals surface area contributed by atoms with Gasteiger partial charge in [-0.05, 0) is 52.3 Å². The summed E-state index contributed by atoms with van der Waals surface area (Å²) in [6, 6.07) is 5.40. The molecule has 0 saturated carbocycles. The molecule has 0 aliphatic carbocycles.